The predicted octanol–water partition coefficient (Wildman–Crippen LogP) is 3.39. The molecule has 3 rings (SSSR count). The molecule has 126 valence electrons. The van der Waals surface area contributed by atoms with Crippen LogP contribution in [0.4, 0.5) is 5.69 Å². The van der Waals surface area contributed by atoms with Crippen LogP contribution >= 0.6 is 23.8 Å². The standard InChI is InChI=1S/C16H10ClN3O4S/c17-10-3-6-14(13(8-10)20(22)23)24-11-4-1-9(2-5-11)7-12-15(21)19-16(25)18-12/h1-8H,(H2,18,19,21,25)/b12-7+. The summed E-state index contributed by atoms with van der Waals surface area (Å²) in [7, 11) is 0. The van der Waals surface area contributed by atoms with E-state index in [1.54, 1.807) is 30.3 Å². The summed E-state index contributed by atoms with van der Waals surface area (Å²) in [4.78, 5) is 22.1. The van der Waals surface area contributed by atoms with Crippen molar-refractivity contribution in [3.05, 3.63) is 68.9 Å². The SMILES string of the molecule is O=C1NC(=S)N/C1=C/c1ccc(Oc2ccc(Cl)cc2[N+](=O)[O-])cc1. The number of nitrogens with one attached hydrogen (secondary N) is 2. The Morgan fingerprint density at radius 2 is 1.88 bits per heavy atom. The average Bonchev–Trinajstić information content (AvgIpc) is 2.88. The van der Waals surface area contributed by atoms with Gasteiger partial charge >= 0.3 is 5.69 Å². The van der Waals surface area contributed by atoms with Gasteiger partial charge in [0.1, 0.15) is 11.4 Å². The van der Waals surface area contributed by atoms with E-state index < -0.39 is 4.92 Å². The third-order valence-electron chi connectivity index (χ3n) is 3.26. The van der Waals surface area contributed by atoms with Crippen molar-refractivity contribution in [2.45, 2.75) is 0 Å². The largest absolute Gasteiger partial charge is 0.450 e. The number of nitrogens with zero attached hydrogens (tertiary/aromatic N) is 1. The summed E-state index contributed by atoms with van der Waals surface area (Å²) in [6.45, 7) is 0. The number of nitro groups is 1. The highest BCUT2D eigenvalue weighted by atomic mass is 35.5. The lowest BCUT2D eigenvalue weighted by Gasteiger charge is -2.07. The molecule has 0 aromatic heterocycles. The fourth-order valence-electron chi connectivity index (χ4n) is 2.13. The first-order chi connectivity index (χ1) is 11.9. The Kier molecular flexibility index (Phi) is 4.64. The number of benzene rings is 2. The van der Waals surface area contributed by atoms with Crippen molar-refractivity contribution in [3.63, 3.8) is 0 Å². The maximum atomic E-state index is 11.6. The fraction of sp³-hybridized carbons (Fsp3) is 0. The molecule has 0 unspecified atom stereocenters. The van der Waals surface area contributed by atoms with Crippen molar-refractivity contribution in [2.24, 2.45) is 0 Å². The molecule has 1 fully saturated rings. The average molecular weight is 376 g/mol. The van der Waals surface area contributed by atoms with Crippen LogP contribution in [0.5, 0.6) is 11.5 Å². The number of rotatable bonds is 4. The van der Waals surface area contributed by atoms with E-state index in [0.717, 1.165) is 5.56 Å². The predicted molar refractivity (Wildman–Crippen MR) is 96.5 cm³/mol. The summed E-state index contributed by atoms with van der Waals surface area (Å²) < 4.78 is 5.55. The molecule has 9 heteroatoms. The highest BCUT2D eigenvalue weighted by Gasteiger charge is 2.20. The number of halogens is 1. The van der Waals surface area contributed by atoms with Crippen LogP contribution in [0.1, 0.15) is 5.56 Å². The smallest absolute Gasteiger partial charge is 0.313 e. The Morgan fingerprint density at radius 1 is 1.16 bits per heavy atom. The summed E-state index contributed by atoms with van der Waals surface area (Å²) in [6.07, 6.45) is 1.63. The van der Waals surface area contributed by atoms with Gasteiger partial charge in [-0.1, -0.05) is 23.7 Å². The molecule has 1 saturated heterocycles. The number of carbonyl (C=O) groups is 1. The zero-order valence-electron chi connectivity index (χ0n) is 12.5. The molecule has 0 atom stereocenters. The maximum Gasteiger partial charge on any atom is 0.313 e. The molecule has 1 amide bonds. The quantitative estimate of drug-likeness (QED) is 0.368. The van der Waals surface area contributed by atoms with Crippen molar-refractivity contribution in [1.29, 1.82) is 0 Å². The van der Waals surface area contributed by atoms with Gasteiger partial charge in [-0.2, -0.15) is 0 Å². The summed E-state index contributed by atoms with van der Waals surface area (Å²) in [5, 5.41) is 16.8. The lowest BCUT2D eigenvalue weighted by Crippen LogP contribution is -2.21. The maximum absolute atomic E-state index is 11.6. The second kappa shape index (κ2) is 6.88. The van der Waals surface area contributed by atoms with Gasteiger partial charge in [-0.15, -0.1) is 0 Å². The van der Waals surface area contributed by atoms with Crippen LogP contribution in [-0.2, 0) is 4.79 Å². The molecule has 2 N–H and O–H groups in total. The van der Waals surface area contributed by atoms with Crippen LogP contribution in [0, 0.1) is 10.1 Å². The third kappa shape index (κ3) is 3.93. The van der Waals surface area contributed by atoms with E-state index in [0.29, 0.717) is 11.4 Å². The summed E-state index contributed by atoms with van der Waals surface area (Å²) >= 11 is 10.6. The molecule has 0 saturated carbocycles. The lowest BCUT2D eigenvalue weighted by atomic mass is 10.2. The minimum atomic E-state index is -0.562. The van der Waals surface area contributed by atoms with Gasteiger partial charge in [0.2, 0.25) is 5.75 Å². The highest BCUT2D eigenvalue weighted by Crippen LogP contribution is 2.33. The van der Waals surface area contributed by atoms with Crippen molar-refractivity contribution in [2.75, 3.05) is 0 Å². The normalized spacial score (nSPS) is 15.0. The minimum Gasteiger partial charge on any atom is -0.450 e. The Morgan fingerprint density at radius 3 is 2.48 bits per heavy atom. The summed E-state index contributed by atoms with van der Waals surface area (Å²) in [5.74, 6) is 0.191. The Hall–Kier alpha value is -2.97. The van der Waals surface area contributed by atoms with Gasteiger partial charge in [0.05, 0.1) is 4.92 Å². The van der Waals surface area contributed by atoms with E-state index in [2.05, 4.69) is 10.6 Å². The monoisotopic (exact) mass is 375 g/mol. The number of carbonyl (C=O) groups excluding carboxylic acids is 1. The Balaban J connectivity index is 1.80. The van der Waals surface area contributed by atoms with Crippen molar-refractivity contribution in [1.82, 2.24) is 10.6 Å². The minimum absolute atomic E-state index is 0.0858. The Labute approximate surface area is 152 Å². The molecular weight excluding hydrogens is 366 g/mol. The van der Waals surface area contributed by atoms with Crippen LogP contribution in [0.15, 0.2) is 48.2 Å². The first-order valence-corrected chi connectivity index (χ1v) is 7.77. The molecule has 1 heterocycles. The van der Waals surface area contributed by atoms with Gasteiger partial charge in [-0.3, -0.25) is 20.2 Å². The van der Waals surface area contributed by atoms with Crippen LogP contribution in [0.2, 0.25) is 5.02 Å². The summed E-state index contributed by atoms with van der Waals surface area (Å²) in [6, 6.07) is 10.9. The molecule has 0 radical (unpaired) electrons. The van der Waals surface area contributed by atoms with E-state index in [1.165, 1.54) is 18.2 Å². The first-order valence-electron chi connectivity index (χ1n) is 6.98. The molecule has 0 bridgehead atoms. The zero-order chi connectivity index (χ0) is 18.0. The highest BCUT2D eigenvalue weighted by molar-refractivity contribution is 7.80. The summed E-state index contributed by atoms with van der Waals surface area (Å²) in [5.41, 5.74) is 0.853. The molecular formula is C16H10ClN3O4S. The van der Waals surface area contributed by atoms with Gasteiger partial charge in [-0.05, 0) is 48.1 Å². The molecule has 1 aliphatic heterocycles. The molecule has 1 aliphatic rings. The number of nitro benzene ring substituents is 1. The van der Waals surface area contributed by atoms with E-state index in [9.17, 15) is 14.9 Å². The topological polar surface area (TPSA) is 93.5 Å². The van der Waals surface area contributed by atoms with Gasteiger partial charge in [0.25, 0.3) is 5.91 Å². The molecule has 25 heavy (non-hydrogen) atoms. The van der Waals surface area contributed by atoms with Gasteiger partial charge < -0.3 is 10.1 Å². The fourth-order valence-corrected chi connectivity index (χ4v) is 2.50. The molecule has 0 spiro atoms. The van der Waals surface area contributed by atoms with Gasteiger partial charge in [0.15, 0.2) is 5.11 Å². The van der Waals surface area contributed by atoms with E-state index >= 15 is 0 Å². The van der Waals surface area contributed by atoms with E-state index in [1.807, 2.05) is 0 Å². The number of thiocarbonyl (C=S) groups is 1. The Bertz CT molecular complexity index is 912. The number of ether oxygens (including phenoxy) is 1. The molecule has 2 aromatic carbocycles. The lowest BCUT2D eigenvalue weighted by molar-refractivity contribution is -0.385. The first kappa shape index (κ1) is 16.9. The van der Waals surface area contributed by atoms with Crippen LogP contribution < -0.4 is 15.4 Å². The third-order valence-corrected chi connectivity index (χ3v) is 3.70. The van der Waals surface area contributed by atoms with E-state index in [4.69, 9.17) is 28.6 Å². The van der Waals surface area contributed by atoms with E-state index in [-0.39, 0.29) is 27.5 Å². The molecule has 0 aliphatic carbocycles. The van der Waals surface area contributed by atoms with Crippen LogP contribution in [-0.4, -0.2) is 15.9 Å². The van der Waals surface area contributed by atoms with Crippen molar-refractivity contribution >= 4 is 46.6 Å². The number of amides is 1. The second-order valence-corrected chi connectivity index (χ2v) is 5.85. The number of hydrogen-bond acceptors (Lipinski definition) is 5. The second-order valence-electron chi connectivity index (χ2n) is 5.01. The van der Waals surface area contributed by atoms with Gasteiger partial charge in [0, 0.05) is 11.1 Å². The molecule has 7 nitrogen and oxygen atoms in total. The zero-order valence-corrected chi connectivity index (χ0v) is 14.1. The van der Waals surface area contributed by atoms with Crippen molar-refractivity contribution in [3.8, 4) is 11.5 Å². The molecule has 2 aromatic rings. The van der Waals surface area contributed by atoms with Crippen LogP contribution in [0.3, 0.4) is 0 Å². The van der Waals surface area contributed by atoms with Crippen molar-refractivity contribution < 1.29 is 14.5 Å². The van der Waals surface area contributed by atoms with Gasteiger partial charge in [-0.25, -0.2) is 0 Å². The number of hydrogen-bond donors (Lipinski definition) is 2. The van der Waals surface area contributed by atoms with Crippen LogP contribution in [0.25, 0.3) is 6.08 Å².